The highest BCUT2D eigenvalue weighted by atomic mass is 32.2. The Morgan fingerprint density at radius 2 is 1.75 bits per heavy atom. The molecule has 1 amide bonds. The van der Waals surface area contributed by atoms with Crippen molar-refractivity contribution >= 4 is 15.9 Å². The molecule has 32 heavy (non-hydrogen) atoms. The smallest absolute Gasteiger partial charge is 0.243 e. The minimum absolute atomic E-state index is 0.0609. The SMILES string of the molecule is O=C(CCc1ccc2c(c1)OCO2)NCCOc1ccc(S(=O)(=O)N2CCCCC2)cc1. The summed E-state index contributed by atoms with van der Waals surface area (Å²) in [7, 11) is -3.44. The molecule has 0 bridgehead atoms. The molecule has 2 heterocycles. The van der Waals surface area contributed by atoms with Gasteiger partial charge in [0.25, 0.3) is 0 Å². The van der Waals surface area contributed by atoms with Crippen LogP contribution in [0.2, 0.25) is 0 Å². The molecule has 2 aromatic rings. The third-order valence-corrected chi connectivity index (χ3v) is 7.46. The minimum Gasteiger partial charge on any atom is -0.492 e. The molecule has 4 rings (SSSR count). The van der Waals surface area contributed by atoms with Gasteiger partial charge in [-0.2, -0.15) is 4.31 Å². The highest BCUT2D eigenvalue weighted by Crippen LogP contribution is 2.32. The van der Waals surface area contributed by atoms with Crippen LogP contribution in [0.3, 0.4) is 0 Å². The lowest BCUT2D eigenvalue weighted by Gasteiger charge is -2.25. The predicted molar refractivity (Wildman–Crippen MR) is 118 cm³/mol. The van der Waals surface area contributed by atoms with Gasteiger partial charge in [0.2, 0.25) is 22.7 Å². The Kier molecular flexibility index (Phi) is 7.16. The Bertz CT molecular complexity index is 1030. The number of ether oxygens (including phenoxy) is 3. The van der Waals surface area contributed by atoms with Crippen molar-refractivity contribution in [3.8, 4) is 17.2 Å². The van der Waals surface area contributed by atoms with Gasteiger partial charge in [-0.25, -0.2) is 8.42 Å². The Morgan fingerprint density at radius 3 is 2.53 bits per heavy atom. The van der Waals surface area contributed by atoms with Crippen molar-refractivity contribution in [1.29, 1.82) is 0 Å². The Morgan fingerprint density at radius 1 is 1.00 bits per heavy atom. The lowest BCUT2D eigenvalue weighted by atomic mass is 10.1. The van der Waals surface area contributed by atoms with Gasteiger partial charge in [-0.05, 0) is 61.2 Å². The summed E-state index contributed by atoms with van der Waals surface area (Å²) in [5.74, 6) is 1.95. The van der Waals surface area contributed by atoms with E-state index in [1.165, 1.54) is 0 Å². The van der Waals surface area contributed by atoms with Crippen molar-refractivity contribution in [2.75, 3.05) is 33.0 Å². The molecule has 0 unspecified atom stereocenters. The van der Waals surface area contributed by atoms with Gasteiger partial charge >= 0.3 is 0 Å². The number of fused-ring (bicyclic) bond motifs is 1. The molecule has 8 nitrogen and oxygen atoms in total. The molecule has 1 saturated heterocycles. The lowest BCUT2D eigenvalue weighted by molar-refractivity contribution is -0.121. The first-order chi connectivity index (χ1) is 15.5. The van der Waals surface area contributed by atoms with Crippen LogP contribution in [0.4, 0.5) is 0 Å². The summed E-state index contributed by atoms with van der Waals surface area (Å²) in [5.41, 5.74) is 1.01. The lowest BCUT2D eigenvalue weighted by Crippen LogP contribution is -2.35. The zero-order chi connectivity index (χ0) is 22.4. The minimum atomic E-state index is -3.44. The van der Waals surface area contributed by atoms with E-state index in [1.54, 1.807) is 28.6 Å². The van der Waals surface area contributed by atoms with Gasteiger partial charge in [-0.1, -0.05) is 12.5 Å². The number of hydrogen-bond donors (Lipinski definition) is 1. The summed E-state index contributed by atoms with van der Waals surface area (Å²) in [6, 6.07) is 12.1. The highest BCUT2D eigenvalue weighted by Gasteiger charge is 2.25. The Balaban J connectivity index is 1.17. The van der Waals surface area contributed by atoms with Crippen LogP contribution in [-0.2, 0) is 21.2 Å². The van der Waals surface area contributed by atoms with E-state index in [0.29, 0.717) is 50.6 Å². The second-order valence-corrected chi connectivity index (χ2v) is 9.76. The second kappa shape index (κ2) is 10.2. The summed E-state index contributed by atoms with van der Waals surface area (Å²) >= 11 is 0. The number of nitrogens with one attached hydrogen (secondary N) is 1. The van der Waals surface area contributed by atoms with Crippen LogP contribution in [-0.4, -0.2) is 51.7 Å². The first-order valence-electron chi connectivity index (χ1n) is 10.9. The van der Waals surface area contributed by atoms with Crippen LogP contribution in [0, 0.1) is 0 Å². The fourth-order valence-electron chi connectivity index (χ4n) is 3.76. The van der Waals surface area contributed by atoms with Crippen LogP contribution in [0.15, 0.2) is 47.4 Å². The van der Waals surface area contributed by atoms with Gasteiger partial charge in [-0.15, -0.1) is 0 Å². The molecule has 2 aromatic carbocycles. The molecule has 0 spiro atoms. The van der Waals surface area contributed by atoms with Crippen molar-refractivity contribution in [2.24, 2.45) is 0 Å². The molecule has 2 aliphatic heterocycles. The number of carbonyl (C=O) groups excluding carboxylic acids is 1. The summed E-state index contributed by atoms with van der Waals surface area (Å²) in [6.07, 6.45) is 3.86. The maximum absolute atomic E-state index is 12.7. The molecule has 1 fully saturated rings. The van der Waals surface area contributed by atoms with Gasteiger partial charge in [0.05, 0.1) is 11.4 Å². The number of benzene rings is 2. The molecule has 0 radical (unpaired) electrons. The van der Waals surface area contributed by atoms with Crippen molar-refractivity contribution in [1.82, 2.24) is 9.62 Å². The fraction of sp³-hybridized carbons (Fsp3) is 0.435. The first-order valence-corrected chi connectivity index (χ1v) is 12.3. The van der Waals surface area contributed by atoms with E-state index in [1.807, 2.05) is 18.2 Å². The first kappa shape index (κ1) is 22.4. The van der Waals surface area contributed by atoms with E-state index >= 15 is 0 Å². The van der Waals surface area contributed by atoms with Gasteiger partial charge in [-0.3, -0.25) is 4.79 Å². The van der Waals surface area contributed by atoms with E-state index in [0.717, 1.165) is 30.6 Å². The topological polar surface area (TPSA) is 94.2 Å². The number of rotatable bonds is 9. The van der Waals surface area contributed by atoms with Crippen LogP contribution < -0.4 is 19.5 Å². The number of hydrogen-bond acceptors (Lipinski definition) is 6. The van der Waals surface area contributed by atoms with Gasteiger partial charge in [0.1, 0.15) is 12.4 Å². The van der Waals surface area contributed by atoms with E-state index in [-0.39, 0.29) is 17.6 Å². The third-order valence-electron chi connectivity index (χ3n) is 5.55. The zero-order valence-corrected chi connectivity index (χ0v) is 18.7. The number of sulfonamides is 1. The van der Waals surface area contributed by atoms with Crippen LogP contribution in [0.5, 0.6) is 17.2 Å². The number of nitrogens with zero attached hydrogens (tertiary/aromatic N) is 1. The standard InChI is InChI=1S/C23H28N2O6S/c26-23(11-5-18-4-10-21-22(16-18)31-17-30-21)24-12-15-29-19-6-8-20(9-7-19)32(27,28)25-13-2-1-3-14-25/h4,6-10,16H,1-3,5,11-15,17H2,(H,24,26). The van der Waals surface area contributed by atoms with E-state index in [2.05, 4.69) is 5.32 Å². The van der Waals surface area contributed by atoms with Crippen molar-refractivity contribution < 1.29 is 27.4 Å². The monoisotopic (exact) mass is 460 g/mol. The summed E-state index contributed by atoms with van der Waals surface area (Å²) in [6.45, 7) is 2.06. The normalized spacial score (nSPS) is 16.0. The molecule has 2 aliphatic rings. The molecule has 0 saturated carbocycles. The fourth-order valence-corrected chi connectivity index (χ4v) is 5.28. The molecule has 0 atom stereocenters. The van der Waals surface area contributed by atoms with E-state index < -0.39 is 10.0 Å². The highest BCUT2D eigenvalue weighted by molar-refractivity contribution is 7.89. The van der Waals surface area contributed by atoms with E-state index in [4.69, 9.17) is 14.2 Å². The number of amides is 1. The Labute approximate surface area is 188 Å². The van der Waals surface area contributed by atoms with Crippen LogP contribution in [0.1, 0.15) is 31.2 Å². The zero-order valence-electron chi connectivity index (χ0n) is 17.9. The van der Waals surface area contributed by atoms with Crippen LogP contribution in [0.25, 0.3) is 0 Å². The van der Waals surface area contributed by atoms with E-state index in [9.17, 15) is 13.2 Å². The summed E-state index contributed by atoms with van der Waals surface area (Å²) < 4.78 is 43.2. The summed E-state index contributed by atoms with van der Waals surface area (Å²) in [5, 5.41) is 2.83. The van der Waals surface area contributed by atoms with Gasteiger partial charge < -0.3 is 19.5 Å². The third kappa shape index (κ3) is 5.52. The largest absolute Gasteiger partial charge is 0.492 e. The molecule has 0 aromatic heterocycles. The van der Waals surface area contributed by atoms with Crippen LogP contribution >= 0.6 is 0 Å². The quantitative estimate of drug-likeness (QED) is 0.579. The average molecular weight is 461 g/mol. The molecule has 1 N–H and O–H groups in total. The van der Waals surface area contributed by atoms with Gasteiger partial charge in [0.15, 0.2) is 11.5 Å². The molecular weight excluding hydrogens is 432 g/mol. The predicted octanol–water partition coefficient (Wildman–Crippen LogP) is 2.72. The average Bonchev–Trinajstić information content (AvgIpc) is 3.29. The van der Waals surface area contributed by atoms with Crippen molar-refractivity contribution in [2.45, 2.75) is 37.0 Å². The number of piperidine rings is 1. The maximum atomic E-state index is 12.7. The van der Waals surface area contributed by atoms with Crippen molar-refractivity contribution in [3.05, 3.63) is 48.0 Å². The Hall–Kier alpha value is -2.78. The molecule has 172 valence electrons. The maximum Gasteiger partial charge on any atom is 0.243 e. The summed E-state index contributed by atoms with van der Waals surface area (Å²) in [4.78, 5) is 12.4. The number of aryl methyl sites for hydroxylation is 1. The number of carbonyl (C=O) groups is 1. The molecular formula is C23H28N2O6S. The second-order valence-electron chi connectivity index (χ2n) is 7.82. The van der Waals surface area contributed by atoms with Crippen molar-refractivity contribution in [3.63, 3.8) is 0 Å². The molecule has 9 heteroatoms. The van der Waals surface area contributed by atoms with Gasteiger partial charge in [0, 0.05) is 19.5 Å². The molecule has 0 aliphatic carbocycles.